The third-order valence-corrected chi connectivity index (χ3v) is 5.66. The summed E-state index contributed by atoms with van der Waals surface area (Å²) in [7, 11) is -3.71. The van der Waals surface area contributed by atoms with Gasteiger partial charge < -0.3 is 10.5 Å². The summed E-state index contributed by atoms with van der Waals surface area (Å²) in [6.45, 7) is 2.38. The molecule has 112 valence electrons. The fourth-order valence-corrected chi connectivity index (χ4v) is 4.48. The van der Waals surface area contributed by atoms with Gasteiger partial charge in [0.05, 0.1) is 17.2 Å². The maximum atomic E-state index is 12.3. The first-order valence-corrected chi connectivity index (χ1v) is 8.85. The van der Waals surface area contributed by atoms with Gasteiger partial charge in [-0.05, 0) is 31.5 Å². The number of sulfonamides is 1. The van der Waals surface area contributed by atoms with Gasteiger partial charge in [-0.2, -0.15) is 0 Å². The van der Waals surface area contributed by atoms with E-state index in [0.717, 1.165) is 0 Å². The molecule has 20 heavy (non-hydrogen) atoms. The average Bonchev–Trinajstić information content (AvgIpc) is 2.35. The van der Waals surface area contributed by atoms with Crippen LogP contribution >= 0.6 is 27.5 Å². The van der Waals surface area contributed by atoms with E-state index in [1.54, 1.807) is 6.07 Å². The molecule has 3 unspecified atom stereocenters. The zero-order valence-corrected chi connectivity index (χ0v) is 14.0. The van der Waals surface area contributed by atoms with Gasteiger partial charge in [-0.15, -0.1) is 0 Å². The molecule has 0 aromatic heterocycles. The van der Waals surface area contributed by atoms with E-state index < -0.39 is 16.1 Å². The topological polar surface area (TPSA) is 81.4 Å². The predicted octanol–water partition coefficient (Wildman–Crippen LogP) is 1.89. The van der Waals surface area contributed by atoms with Crippen molar-refractivity contribution in [1.82, 2.24) is 4.72 Å². The molecule has 3 atom stereocenters. The van der Waals surface area contributed by atoms with E-state index in [9.17, 15) is 8.42 Å². The molecule has 0 aliphatic heterocycles. The van der Waals surface area contributed by atoms with Crippen LogP contribution in [0.2, 0.25) is 5.02 Å². The van der Waals surface area contributed by atoms with Gasteiger partial charge in [0, 0.05) is 17.1 Å². The average molecular weight is 384 g/mol. The van der Waals surface area contributed by atoms with Crippen LogP contribution in [0.3, 0.4) is 0 Å². The highest BCUT2D eigenvalue weighted by Crippen LogP contribution is 2.28. The summed E-state index contributed by atoms with van der Waals surface area (Å²) in [4.78, 5) is 0.0386. The van der Waals surface area contributed by atoms with Crippen molar-refractivity contribution in [3.8, 4) is 0 Å². The Morgan fingerprint density at radius 3 is 2.80 bits per heavy atom. The fraction of sp³-hybridized carbons (Fsp3) is 0.500. The molecule has 1 fully saturated rings. The van der Waals surface area contributed by atoms with Crippen LogP contribution in [0.4, 0.5) is 0 Å². The summed E-state index contributed by atoms with van der Waals surface area (Å²) in [6.07, 6.45) is 0.466. The van der Waals surface area contributed by atoms with Crippen LogP contribution in [-0.4, -0.2) is 33.2 Å². The first-order chi connectivity index (χ1) is 9.35. The van der Waals surface area contributed by atoms with Gasteiger partial charge in [0.15, 0.2) is 0 Å². The fourth-order valence-electron chi connectivity index (χ4n) is 2.13. The number of hydrogen-bond donors (Lipinski definition) is 2. The molecule has 3 N–H and O–H groups in total. The lowest BCUT2D eigenvalue weighted by atomic mass is 9.84. The van der Waals surface area contributed by atoms with Crippen LogP contribution in [0.1, 0.15) is 13.3 Å². The Labute approximate surface area is 132 Å². The van der Waals surface area contributed by atoms with E-state index in [1.165, 1.54) is 12.1 Å². The van der Waals surface area contributed by atoms with Crippen LogP contribution in [0, 0.1) is 0 Å². The molecule has 0 bridgehead atoms. The Hall–Kier alpha value is -0.180. The number of rotatable bonds is 5. The maximum absolute atomic E-state index is 12.3. The first-order valence-electron chi connectivity index (χ1n) is 6.19. The Kier molecular flexibility index (Phi) is 5.09. The van der Waals surface area contributed by atoms with E-state index in [-0.39, 0.29) is 22.1 Å². The van der Waals surface area contributed by atoms with Crippen LogP contribution < -0.4 is 10.5 Å². The third kappa shape index (κ3) is 3.35. The predicted molar refractivity (Wildman–Crippen MR) is 81.3 cm³/mol. The first kappa shape index (κ1) is 16.2. The van der Waals surface area contributed by atoms with E-state index in [4.69, 9.17) is 22.1 Å². The van der Waals surface area contributed by atoms with Crippen molar-refractivity contribution < 1.29 is 13.2 Å². The van der Waals surface area contributed by atoms with Crippen molar-refractivity contribution in [3.63, 3.8) is 0 Å². The molecule has 5 nitrogen and oxygen atoms in total. The standard InChI is InChI=1S/C12H16BrClN2O3S/c1-2-19-10-6-9(15)12(10)16-20(17,18)11-4-3-7(13)5-8(11)14/h3-5,9-10,12,16H,2,6,15H2,1H3. The molecule has 1 aromatic rings. The second kappa shape index (κ2) is 6.29. The summed E-state index contributed by atoms with van der Waals surface area (Å²) in [5, 5.41) is 0.160. The largest absolute Gasteiger partial charge is 0.377 e. The molecule has 1 saturated carbocycles. The van der Waals surface area contributed by atoms with E-state index in [0.29, 0.717) is 17.5 Å². The van der Waals surface area contributed by atoms with Gasteiger partial charge >= 0.3 is 0 Å². The molecule has 1 aliphatic carbocycles. The number of nitrogens with one attached hydrogen (secondary N) is 1. The highest BCUT2D eigenvalue weighted by atomic mass is 79.9. The van der Waals surface area contributed by atoms with Crippen molar-refractivity contribution in [2.75, 3.05) is 6.61 Å². The zero-order valence-electron chi connectivity index (χ0n) is 10.8. The maximum Gasteiger partial charge on any atom is 0.242 e. The molecular weight excluding hydrogens is 368 g/mol. The Bertz CT molecular complexity index is 594. The second-order valence-corrected chi connectivity index (χ2v) is 7.62. The normalized spacial score (nSPS) is 26.3. The number of hydrogen-bond acceptors (Lipinski definition) is 4. The van der Waals surface area contributed by atoms with Gasteiger partial charge in [-0.3, -0.25) is 0 Å². The monoisotopic (exact) mass is 382 g/mol. The minimum absolute atomic E-state index is 0.0386. The highest BCUT2D eigenvalue weighted by Gasteiger charge is 2.42. The third-order valence-electron chi connectivity index (χ3n) is 3.22. The van der Waals surface area contributed by atoms with Crippen molar-refractivity contribution in [2.45, 2.75) is 36.4 Å². The lowest BCUT2D eigenvalue weighted by Gasteiger charge is -2.42. The van der Waals surface area contributed by atoms with Crippen molar-refractivity contribution >= 4 is 37.6 Å². The van der Waals surface area contributed by atoms with Crippen LogP contribution in [0.15, 0.2) is 27.6 Å². The van der Waals surface area contributed by atoms with Crippen molar-refractivity contribution in [3.05, 3.63) is 27.7 Å². The summed E-state index contributed by atoms with van der Waals surface area (Å²) in [5.41, 5.74) is 5.84. The molecule has 0 spiro atoms. The van der Waals surface area contributed by atoms with Gasteiger partial charge in [0.2, 0.25) is 10.0 Å². The molecule has 1 aliphatic rings. The molecule has 0 amide bonds. The molecule has 2 rings (SSSR count). The van der Waals surface area contributed by atoms with Crippen molar-refractivity contribution in [1.29, 1.82) is 0 Å². The van der Waals surface area contributed by atoms with Crippen molar-refractivity contribution in [2.24, 2.45) is 5.73 Å². The number of ether oxygens (including phenoxy) is 1. The lowest BCUT2D eigenvalue weighted by molar-refractivity contribution is -0.0248. The molecule has 0 saturated heterocycles. The summed E-state index contributed by atoms with van der Waals surface area (Å²) in [6, 6.07) is 3.96. The molecule has 0 heterocycles. The van der Waals surface area contributed by atoms with E-state index in [2.05, 4.69) is 20.7 Å². The summed E-state index contributed by atoms with van der Waals surface area (Å²) in [5.74, 6) is 0. The number of benzene rings is 1. The Morgan fingerprint density at radius 2 is 2.25 bits per heavy atom. The quantitative estimate of drug-likeness (QED) is 0.813. The molecular formula is C12H16BrClN2O3S. The molecule has 8 heteroatoms. The van der Waals surface area contributed by atoms with Crippen LogP contribution in [0.5, 0.6) is 0 Å². The Balaban J connectivity index is 2.18. The minimum Gasteiger partial charge on any atom is -0.377 e. The SMILES string of the molecule is CCOC1CC(N)C1NS(=O)(=O)c1ccc(Br)cc1Cl. The summed E-state index contributed by atoms with van der Waals surface area (Å²) >= 11 is 9.22. The highest BCUT2D eigenvalue weighted by molar-refractivity contribution is 9.10. The summed E-state index contributed by atoms with van der Waals surface area (Å²) < 4.78 is 33.4. The minimum atomic E-state index is -3.71. The van der Waals surface area contributed by atoms with Gasteiger partial charge in [-0.25, -0.2) is 13.1 Å². The molecule has 1 aromatic carbocycles. The van der Waals surface area contributed by atoms with E-state index in [1.807, 2.05) is 6.92 Å². The lowest BCUT2D eigenvalue weighted by Crippen LogP contribution is -2.64. The van der Waals surface area contributed by atoms with Gasteiger partial charge in [0.1, 0.15) is 4.90 Å². The zero-order chi connectivity index (χ0) is 14.9. The smallest absolute Gasteiger partial charge is 0.242 e. The Morgan fingerprint density at radius 1 is 1.55 bits per heavy atom. The van der Waals surface area contributed by atoms with Gasteiger partial charge in [-0.1, -0.05) is 27.5 Å². The van der Waals surface area contributed by atoms with E-state index >= 15 is 0 Å². The number of halogens is 2. The van der Waals surface area contributed by atoms with Gasteiger partial charge in [0.25, 0.3) is 0 Å². The second-order valence-electron chi connectivity index (χ2n) is 4.62. The molecule has 0 radical (unpaired) electrons. The number of nitrogens with two attached hydrogens (primary N) is 1. The van der Waals surface area contributed by atoms with Crippen LogP contribution in [-0.2, 0) is 14.8 Å². The van der Waals surface area contributed by atoms with Crippen LogP contribution in [0.25, 0.3) is 0 Å².